The summed E-state index contributed by atoms with van der Waals surface area (Å²) in [6, 6.07) is 19.3. The molecule has 22 heavy (non-hydrogen) atoms. The maximum atomic E-state index is 12.4. The number of nitrogens with zero attached hydrogens (tertiary/aromatic N) is 2. The summed E-state index contributed by atoms with van der Waals surface area (Å²) in [5, 5.41) is 5.47. The quantitative estimate of drug-likeness (QED) is 0.487. The van der Waals surface area contributed by atoms with Crippen LogP contribution in [0.25, 0.3) is 6.08 Å². The number of thiocarbonyl (C=S) groups is 1. The average molecular weight is 324 g/mol. The van der Waals surface area contributed by atoms with Gasteiger partial charge in [0.25, 0.3) is 5.91 Å². The largest absolute Gasteiger partial charge is 0.286 e. The highest BCUT2D eigenvalue weighted by Crippen LogP contribution is 2.32. The molecule has 0 unspecified atom stereocenters. The number of hydrazone groups is 1. The van der Waals surface area contributed by atoms with E-state index in [0.717, 1.165) is 11.1 Å². The number of hydrogen-bond acceptors (Lipinski definition) is 4. The molecule has 108 valence electrons. The predicted molar refractivity (Wildman–Crippen MR) is 95.5 cm³/mol. The van der Waals surface area contributed by atoms with Crippen LogP contribution in [-0.2, 0) is 4.79 Å². The minimum Gasteiger partial charge on any atom is -0.266 e. The van der Waals surface area contributed by atoms with E-state index in [2.05, 4.69) is 5.10 Å². The van der Waals surface area contributed by atoms with Gasteiger partial charge in [0.15, 0.2) is 4.32 Å². The standard InChI is InChI=1S/C17H12N2OS2/c20-16-15(11-13-7-3-1-4-8-13)22-17(21)19(16)18-12-14-9-5-2-6-10-14/h1-12H. The highest BCUT2D eigenvalue weighted by molar-refractivity contribution is 8.26. The molecule has 2 aromatic carbocycles. The van der Waals surface area contributed by atoms with Crippen LogP contribution in [-0.4, -0.2) is 21.5 Å². The number of hydrogen-bond donors (Lipinski definition) is 0. The van der Waals surface area contributed by atoms with Crippen molar-refractivity contribution in [3.8, 4) is 0 Å². The third-order valence-electron chi connectivity index (χ3n) is 2.99. The third-order valence-corrected chi connectivity index (χ3v) is 4.28. The Balaban J connectivity index is 1.80. The van der Waals surface area contributed by atoms with E-state index in [-0.39, 0.29) is 5.91 Å². The Labute approximate surface area is 138 Å². The van der Waals surface area contributed by atoms with Crippen LogP contribution in [0.1, 0.15) is 11.1 Å². The molecule has 0 N–H and O–H groups in total. The van der Waals surface area contributed by atoms with Crippen LogP contribution >= 0.6 is 24.0 Å². The molecule has 1 aliphatic rings. The highest BCUT2D eigenvalue weighted by atomic mass is 32.2. The van der Waals surface area contributed by atoms with E-state index in [4.69, 9.17) is 12.2 Å². The van der Waals surface area contributed by atoms with Gasteiger partial charge < -0.3 is 0 Å². The van der Waals surface area contributed by atoms with E-state index in [1.165, 1.54) is 16.8 Å². The zero-order valence-corrected chi connectivity index (χ0v) is 13.2. The lowest BCUT2D eigenvalue weighted by molar-refractivity contribution is -0.122. The van der Waals surface area contributed by atoms with E-state index >= 15 is 0 Å². The van der Waals surface area contributed by atoms with Crippen LogP contribution in [0.2, 0.25) is 0 Å². The van der Waals surface area contributed by atoms with E-state index in [0.29, 0.717) is 9.23 Å². The van der Waals surface area contributed by atoms with Crippen molar-refractivity contribution in [2.45, 2.75) is 0 Å². The fraction of sp³-hybridized carbons (Fsp3) is 0. The number of thioether (sulfide) groups is 1. The lowest BCUT2D eigenvalue weighted by Gasteiger charge is -2.05. The third kappa shape index (κ3) is 3.32. The molecule has 0 atom stereocenters. The molecule has 1 heterocycles. The lowest BCUT2D eigenvalue weighted by atomic mass is 10.2. The van der Waals surface area contributed by atoms with Gasteiger partial charge in [-0.15, -0.1) is 0 Å². The van der Waals surface area contributed by atoms with Gasteiger partial charge in [0.05, 0.1) is 11.1 Å². The summed E-state index contributed by atoms with van der Waals surface area (Å²) >= 11 is 6.51. The zero-order valence-electron chi connectivity index (χ0n) is 11.5. The minimum atomic E-state index is -0.189. The van der Waals surface area contributed by atoms with Crippen molar-refractivity contribution >= 4 is 46.5 Å². The van der Waals surface area contributed by atoms with E-state index in [9.17, 15) is 4.79 Å². The Hall–Kier alpha value is -2.24. The smallest absolute Gasteiger partial charge is 0.266 e. The van der Waals surface area contributed by atoms with Crippen LogP contribution in [0.3, 0.4) is 0 Å². The average Bonchev–Trinajstić information content (AvgIpc) is 2.81. The maximum Gasteiger partial charge on any atom is 0.286 e. The molecule has 3 rings (SSSR count). The van der Waals surface area contributed by atoms with Crippen molar-refractivity contribution in [2.75, 3.05) is 0 Å². The Bertz CT molecular complexity index is 755. The molecular weight excluding hydrogens is 312 g/mol. The van der Waals surface area contributed by atoms with Crippen molar-refractivity contribution in [1.29, 1.82) is 0 Å². The van der Waals surface area contributed by atoms with E-state index in [1.807, 2.05) is 66.7 Å². The summed E-state index contributed by atoms with van der Waals surface area (Å²) in [6.45, 7) is 0. The summed E-state index contributed by atoms with van der Waals surface area (Å²) in [6.07, 6.45) is 3.47. The van der Waals surface area contributed by atoms with Gasteiger partial charge in [0.1, 0.15) is 0 Å². The molecule has 3 nitrogen and oxygen atoms in total. The van der Waals surface area contributed by atoms with Crippen molar-refractivity contribution in [1.82, 2.24) is 5.01 Å². The second-order valence-electron chi connectivity index (χ2n) is 4.56. The Kier molecular flexibility index (Phi) is 4.46. The fourth-order valence-corrected chi connectivity index (χ4v) is 3.10. The van der Waals surface area contributed by atoms with Crippen molar-refractivity contribution in [3.63, 3.8) is 0 Å². The molecule has 0 spiro atoms. The minimum absolute atomic E-state index is 0.189. The number of amides is 1. The van der Waals surface area contributed by atoms with E-state index < -0.39 is 0 Å². The van der Waals surface area contributed by atoms with Crippen LogP contribution in [0.15, 0.2) is 70.7 Å². The first-order valence-electron chi connectivity index (χ1n) is 6.66. The first-order valence-corrected chi connectivity index (χ1v) is 7.88. The molecule has 0 saturated carbocycles. The van der Waals surface area contributed by atoms with Gasteiger partial charge in [-0.1, -0.05) is 72.4 Å². The van der Waals surface area contributed by atoms with Gasteiger partial charge in [0.2, 0.25) is 0 Å². The highest BCUT2D eigenvalue weighted by Gasteiger charge is 2.31. The molecule has 1 amide bonds. The topological polar surface area (TPSA) is 32.7 Å². The van der Waals surface area contributed by atoms with Crippen LogP contribution in [0.4, 0.5) is 0 Å². The van der Waals surface area contributed by atoms with Gasteiger partial charge in [-0.3, -0.25) is 4.79 Å². The number of rotatable bonds is 3. The van der Waals surface area contributed by atoms with Crippen LogP contribution in [0, 0.1) is 0 Å². The lowest BCUT2D eigenvalue weighted by Crippen LogP contribution is -2.22. The Morgan fingerprint density at radius 2 is 1.55 bits per heavy atom. The zero-order chi connectivity index (χ0) is 15.4. The normalized spacial score (nSPS) is 16.9. The summed E-state index contributed by atoms with van der Waals surface area (Å²) in [5.74, 6) is -0.189. The number of benzene rings is 2. The van der Waals surface area contributed by atoms with Gasteiger partial charge in [-0.05, 0) is 29.4 Å². The molecule has 5 heteroatoms. The van der Waals surface area contributed by atoms with Gasteiger partial charge in [-0.25, -0.2) is 0 Å². The molecule has 0 aliphatic carbocycles. The van der Waals surface area contributed by atoms with Gasteiger partial charge in [0, 0.05) is 0 Å². The monoisotopic (exact) mass is 324 g/mol. The SMILES string of the molecule is O=C1C(=Cc2ccccc2)SC(=S)N1N=Cc1ccccc1. The molecule has 1 fully saturated rings. The molecule has 0 aromatic heterocycles. The van der Waals surface area contributed by atoms with Crippen LogP contribution in [0.5, 0.6) is 0 Å². The van der Waals surface area contributed by atoms with Gasteiger partial charge in [-0.2, -0.15) is 10.1 Å². The first kappa shape index (κ1) is 14.7. The van der Waals surface area contributed by atoms with E-state index in [1.54, 1.807) is 6.21 Å². The molecular formula is C17H12N2OS2. The number of carbonyl (C=O) groups excluding carboxylic acids is 1. The first-order chi connectivity index (χ1) is 10.7. The Morgan fingerprint density at radius 1 is 0.955 bits per heavy atom. The second-order valence-corrected chi connectivity index (χ2v) is 6.24. The summed E-state index contributed by atoms with van der Waals surface area (Å²) < 4.78 is 0.444. The summed E-state index contributed by atoms with van der Waals surface area (Å²) in [5.41, 5.74) is 1.89. The molecule has 1 saturated heterocycles. The predicted octanol–water partition coefficient (Wildman–Crippen LogP) is 3.92. The number of carbonyl (C=O) groups is 1. The second kappa shape index (κ2) is 6.68. The molecule has 1 aliphatic heterocycles. The van der Waals surface area contributed by atoms with Crippen molar-refractivity contribution < 1.29 is 4.79 Å². The molecule has 0 radical (unpaired) electrons. The maximum absolute atomic E-state index is 12.4. The van der Waals surface area contributed by atoms with Gasteiger partial charge >= 0.3 is 0 Å². The molecule has 2 aromatic rings. The van der Waals surface area contributed by atoms with Crippen molar-refractivity contribution in [3.05, 3.63) is 76.7 Å². The van der Waals surface area contributed by atoms with Crippen LogP contribution < -0.4 is 0 Å². The summed E-state index contributed by atoms with van der Waals surface area (Å²) in [4.78, 5) is 13.0. The Morgan fingerprint density at radius 3 is 2.18 bits per heavy atom. The van der Waals surface area contributed by atoms with Crippen molar-refractivity contribution in [2.24, 2.45) is 5.10 Å². The summed E-state index contributed by atoms with van der Waals surface area (Å²) in [7, 11) is 0. The fourth-order valence-electron chi connectivity index (χ4n) is 1.92. The molecule has 0 bridgehead atoms.